The molecule has 0 bridgehead atoms. The van der Waals surface area contributed by atoms with Crippen molar-refractivity contribution in [3.8, 4) is 0 Å². The van der Waals surface area contributed by atoms with E-state index in [0.29, 0.717) is 10.6 Å². The number of aryl methyl sites for hydroxylation is 1. The molecule has 2 aromatic rings. The van der Waals surface area contributed by atoms with Gasteiger partial charge in [-0.15, -0.1) is 0 Å². The van der Waals surface area contributed by atoms with Crippen LogP contribution in [0.5, 0.6) is 0 Å². The molecule has 184 valence electrons. The lowest BCUT2D eigenvalue weighted by Crippen LogP contribution is -2.52. The minimum atomic E-state index is -3.87. The largest absolute Gasteiger partial charge is 0.352 e. The number of carbonyl (C=O) groups excluding carboxylic acids is 2. The smallest absolute Gasteiger partial charge is 0.243 e. The second-order valence-corrected chi connectivity index (χ2v) is 11.3. The number of halogens is 1. The normalized spacial score (nSPS) is 15.3. The van der Waals surface area contributed by atoms with Gasteiger partial charge in [-0.3, -0.25) is 9.59 Å². The van der Waals surface area contributed by atoms with Crippen LogP contribution in [0.1, 0.15) is 43.7 Å². The molecule has 1 fully saturated rings. The number of nitrogens with one attached hydrogen (secondary N) is 1. The van der Waals surface area contributed by atoms with Crippen LogP contribution < -0.4 is 5.32 Å². The van der Waals surface area contributed by atoms with Gasteiger partial charge >= 0.3 is 0 Å². The molecule has 0 spiro atoms. The molecule has 1 saturated carbocycles. The highest BCUT2D eigenvalue weighted by Gasteiger charge is 2.31. The molecule has 0 aliphatic heterocycles. The molecule has 0 aromatic heterocycles. The van der Waals surface area contributed by atoms with Crippen LogP contribution in [0.3, 0.4) is 0 Å². The highest BCUT2D eigenvalue weighted by atomic mass is 35.5. The van der Waals surface area contributed by atoms with Crippen LogP contribution in [0, 0.1) is 6.92 Å². The van der Waals surface area contributed by atoms with Crippen molar-refractivity contribution in [2.24, 2.45) is 0 Å². The quantitative estimate of drug-likeness (QED) is 0.562. The third-order valence-corrected chi connectivity index (χ3v) is 8.44. The Bertz CT molecular complexity index is 1120. The predicted octanol–water partition coefficient (Wildman–Crippen LogP) is 3.75. The topological polar surface area (TPSA) is 86.8 Å². The van der Waals surface area contributed by atoms with Gasteiger partial charge < -0.3 is 10.2 Å². The Balaban J connectivity index is 1.80. The SMILES string of the molecule is Cc1ccc(S(=O)(=O)N(C)CC(=O)N(Cc2ccccc2Cl)[C@@H](C)C(=O)NC2CCCC2)cc1. The summed E-state index contributed by atoms with van der Waals surface area (Å²) in [4.78, 5) is 27.9. The molecule has 9 heteroatoms. The van der Waals surface area contributed by atoms with Gasteiger partial charge in [-0.25, -0.2) is 8.42 Å². The first-order valence-corrected chi connectivity index (χ1v) is 13.3. The average molecular weight is 506 g/mol. The van der Waals surface area contributed by atoms with Gasteiger partial charge in [0.15, 0.2) is 0 Å². The summed E-state index contributed by atoms with van der Waals surface area (Å²) in [6.07, 6.45) is 4.00. The van der Waals surface area contributed by atoms with Crippen LogP contribution >= 0.6 is 11.6 Å². The van der Waals surface area contributed by atoms with Crippen LogP contribution in [0.25, 0.3) is 0 Å². The first kappa shape index (κ1) is 26.2. The van der Waals surface area contributed by atoms with Crippen molar-refractivity contribution in [2.45, 2.75) is 63.1 Å². The van der Waals surface area contributed by atoms with Crippen molar-refractivity contribution in [3.05, 3.63) is 64.7 Å². The number of benzene rings is 2. The Hall–Kier alpha value is -2.42. The molecule has 1 aliphatic carbocycles. The highest BCUT2D eigenvalue weighted by Crippen LogP contribution is 2.21. The summed E-state index contributed by atoms with van der Waals surface area (Å²) in [5.74, 6) is -0.733. The fourth-order valence-electron chi connectivity index (χ4n) is 4.04. The van der Waals surface area contributed by atoms with Crippen molar-refractivity contribution in [3.63, 3.8) is 0 Å². The summed E-state index contributed by atoms with van der Waals surface area (Å²) < 4.78 is 27.0. The number of rotatable bonds is 9. The molecule has 1 aliphatic rings. The van der Waals surface area contributed by atoms with Crippen molar-refractivity contribution in [1.29, 1.82) is 0 Å². The lowest BCUT2D eigenvalue weighted by atomic mass is 10.1. The van der Waals surface area contributed by atoms with E-state index in [1.165, 1.54) is 24.1 Å². The van der Waals surface area contributed by atoms with Crippen LogP contribution in [-0.4, -0.2) is 55.1 Å². The van der Waals surface area contributed by atoms with E-state index in [9.17, 15) is 18.0 Å². The summed E-state index contributed by atoms with van der Waals surface area (Å²) in [7, 11) is -2.51. The van der Waals surface area contributed by atoms with E-state index in [0.717, 1.165) is 35.6 Å². The molecule has 0 saturated heterocycles. The molecule has 34 heavy (non-hydrogen) atoms. The Morgan fingerprint density at radius 3 is 2.32 bits per heavy atom. The zero-order valence-corrected chi connectivity index (χ0v) is 21.4. The molecular weight excluding hydrogens is 474 g/mol. The van der Waals surface area contributed by atoms with E-state index >= 15 is 0 Å². The average Bonchev–Trinajstić information content (AvgIpc) is 3.31. The van der Waals surface area contributed by atoms with Gasteiger partial charge in [-0.2, -0.15) is 4.31 Å². The minimum Gasteiger partial charge on any atom is -0.352 e. The Kier molecular flexibility index (Phi) is 8.73. The summed E-state index contributed by atoms with van der Waals surface area (Å²) in [5, 5.41) is 3.51. The number of nitrogens with zero attached hydrogens (tertiary/aromatic N) is 2. The van der Waals surface area contributed by atoms with E-state index < -0.39 is 28.5 Å². The molecule has 7 nitrogen and oxygen atoms in total. The first-order valence-electron chi connectivity index (χ1n) is 11.5. The lowest BCUT2D eigenvalue weighted by Gasteiger charge is -2.31. The second kappa shape index (κ2) is 11.3. The molecule has 2 aromatic carbocycles. The molecule has 3 rings (SSSR count). The zero-order chi connectivity index (χ0) is 24.9. The Labute approximate surface area is 207 Å². The van der Waals surface area contributed by atoms with Gasteiger partial charge in [0.25, 0.3) is 0 Å². The van der Waals surface area contributed by atoms with Crippen molar-refractivity contribution >= 4 is 33.4 Å². The third-order valence-electron chi connectivity index (χ3n) is 6.25. The monoisotopic (exact) mass is 505 g/mol. The lowest BCUT2D eigenvalue weighted by molar-refractivity contribution is -0.140. The number of hydrogen-bond donors (Lipinski definition) is 1. The van der Waals surface area contributed by atoms with Gasteiger partial charge in [0.1, 0.15) is 6.04 Å². The van der Waals surface area contributed by atoms with Crippen molar-refractivity contribution < 1.29 is 18.0 Å². The number of sulfonamides is 1. The molecule has 0 unspecified atom stereocenters. The summed E-state index contributed by atoms with van der Waals surface area (Å²) >= 11 is 6.32. The number of carbonyl (C=O) groups is 2. The molecule has 0 heterocycles. The Morgan fingerprint density at radius 1 is 1.09 bits per heavy atom. The maximum absolute atomic E-state index is 13.4. The molecular formula is C25H32ClN3O4S. The number of likely N-dealkylation sites (N-methyl/N-ethyl adjacent to an activating group) is 1. The van der Waals surface area contributed by atoms with Crippen LogP contribution in [0.15, 0.2) is 53.4 Å². The first-order chi connectivity index (χ1) is 16.1. The standard InChI is InChI=1S/C25H32ClN3O4S/c1-18-12-14-22(15-13-18)34(32,33)28(3)17-24(30)29(16-20-8-4-7-11-23(20)26)19(2)25(31)27-21-9-5-6-10-21/h4,7-8,11-15,19,21H,5-6,9-10,16-17H2,1-3H3,(H,27,31)/t19-/m0/s1. The van der Waals surface area contributed by atoms with Gasteiger partial charge in [-0.05, 0) is 50.5 Å². The van der Waals surface area contributed by atoms with E-state index in [2.05, 4.69) is 5.32 Å². The Morgan fingerprint density at radius 2 is 1.71 bits per heavy atom. The maximum Gasteiger partial charge on any atom is 0.243 e. The van der Waals surface area contributed by atoms with Crippen molar-refractivity contribution in [1.82, 2.24) is 14.5 Å². The molecule has 0 radical (unpaired) electrons. The van der Waals surface area contributed by atoms with Gasteiger partial charge in [0.05, 0.1) is 11.4 Å². The molecule has 1 atom stereocenters. The molecule has 2 amide bonds. The van der Waals surface area contributed by atoms with Crippen molar-refractivity contribution in [2.75, 3.05) is 13.6 Å². The van der Waals surface area contributed by atoms with Crippen LogP contribution in [0.2, 0.25) is 5.02 Å². The number of amides is 2. The minimum absolute atomic E-state index is 0.0934. The van der Waals surface area contributed by atoms with E-state index in [1.54, 1.807) is 43.3 Å². The van der Waals surface area contributed by atoms with E-state index in [-0.39, 0.29) is 23.4 Å². The highest BCUT2D eigenvalue weighted by molar-refractivity contribution is 7.89. The van der Waals surface area contributed by atoms with E-state index in [4.69, 9.17) is 11.6 Å². The fraction of sp³-hybridized carbons (Fsp3) is 0.440. The summed E-state index contributed by atoms with van der Waals surface area (Å²) in [5.41, 5.74) is 1.62. The fourth-order valence-corrected chi connectivity index (χ4v) is 5.36. The summed E-state index contributed by atoms with van der Waals surface area (Å²) in [6.45, 7) is 3.22. The number of hydrogen-bond acceptors (Lipinski definition) is 4. The summed E-state index contributed by atoms with van der Waals surface area (Å²) in [6, 6.07) is 12.9. The second-order valence-electron chi connectivity index (χ2n) is 8.85. The third kappa shape index (κ3) is 6.37. The molecule has 1 N–H and O–H groups in total. The van der Waals surface area contributed by atoms with Gasteiger partial charge in [0.2, 0.25) is 21.8 Å². The predicted molar refractivity (Wildman–Crippen MR) is 133 cm³/mol. The maximum atomic E-state index is 13.4. The van der Waals surface area contributed by atoms with Crippen LogP contribution in [0.4, 0.5) is 0 Å². The van der Waals surface area contributed by atoms with Gasteiger partial charge in [-0.1, -0.05) is 60.3 Å². The van der Waals surface area contributed by atoms with E-state index in [1.807, 2.05) is 6.92 Å². The van der Waals surface area contributed by atoms with Gasteiger partial charge in [0, 0.05) is 24.7 Å². The van der Waals surface area contributed by atoms with Crippen LogP contribution in [-0.2, 0) is 26.2 Å². The zero-order valence-electron chi connectivity index (χ0n) is 19.8.